The number of hydrazine groups is 1. The summed E-state index contributed by atoms with van der Waals surface area (Å²) in [6, 6.07) is 3.81. The van der Waals surface area contributed by atoms with Crippen molar-refractivity contribution in [3.63, 3.8) is 0 Å². The van der Waals surface area contributed by atoms with Gasteiger partial charge in [0.25, 0.3) is 0 Å². The van der Waals surface area contributed by atoms with Gasteiger partial charge in [0.05, 0.1) is 12.3 Å². The minimum absolute atomic E-state index is 0.0406. The quantitative estimate of drug-likeness (QED) is 0.669. The predicted molar refractivity (Wildman–Crippen MR) is 69.5 cm³/mol. The summed E-state index contributed by atoms with van der Waals surface area (Å²) in [6.07, 6.45) is 2.33. The maximum Gasteiger partial charge on any atom is 0.197 e. The third-order valence-corrected chi connectivity index (χ3v) is 4.56. The van der Waals surface area contributed by atoms with Crippen LogP contribution >= 0.6 is 38.9 Å². The molecule has 0 saturated carbocycles. The Morgan fingerprint density at radius 3 is 2.88 bits per heavy atom. The second-order valence-electron chi connectivity index (χ2n) is 3.26. The number of nitrogens with two attached hydrogens (primary N) is 1. The summed E-state index contributed by atoms with van der Waals surface area (Å²) in [5.41, 5.74) is 3.63. The lowest BCUT2D eigenvalue weighted by Crippen LogP contribution is -2.29. The first-order valence-corrected chi connectivity index (χ1v) is 6.68. The van der Waals surface area contributed by atoms with E-state index < -0.39 is 0 Å². The smallest absolute Gasteiger partial charge is 0.197 e. The highest BCUT2D eigenvalue weighted by molar-refractivity contribution is 9.10. The van der Waals surface area contributed by atoms with E-state index in [1.807, 2.05) is 17.5 Å². The van der Waals surface area contributed by atoms with Gasteiger partial charge in [-0.05, 0) is 45.0 Å². The Hall–Kier alpha value is -0.330. The van der Waals surface area contributed by atoms with E-state index in [9.17, 15) is 0 Å². The van der Waals surface area contributed by atoms with Crippen molar-refractivity contribution < 1.29 is 4.42 Å². The summed E-state index contributed by atoms with van der Waals surface area (Å²) in [6.45, 7) is 0. The van der Waals surface area contributed by atoms with Crippen LogP contribution in [-0.2, 0) is 6.42 Å². The van der Waals surface area contributed by atoms with Crippen LogP contribution in [0.2, 0.25) is 5.22 Å². The molecule has 1 atom stereocenters. The molecule has 1 unspecified atom stereocenters. The molecule has 0 aliphatic heterocycles. The Labute approximate surface area is 111 Å². The molecular weight excluding hydrogens is 312 g/mol. The Balaban J connectivity index is 2.19. The molecule has 0 aliphatic rings. The SMILES string of the molecule is NNC(Cc1sccc1Br)c1ccoc1Cl. The highest BCUT2D eigenvalue weighted by atomic mass is 79.9. The Morgan fingerprint density at radius 1 is 1.56 bits per heavy atom. The van der Waals surface area contributed by atoms with Crippen LogP contribution in [-0.4, -0.2) is 0 Å². The summed E-state index contributed by atoms with van der Waals surface area (Å²) < 4.78 is 6.15. The van der Waals surface area contributed by atoms with E-state index in [2.05, 4.69) is 21.4 Å². The molecule has 2 aromatic rings. The first kappa shape index (κ1) is 12.1. The van der Waals surface area contributed by atoms with Gasteiger partial charge in [-0.25, -0.2) is 0 Å². The average molecular weight is 322 g/mol. The number of halogens is 2. The fourth-order valence-corrected chi connectivity index (χ4v) is 3.28. The van der Waals surface area contributed by atoms with Crippen molar-refractivity contribution in [2.75, 3.05) is 0 Å². The van der Waals surface area contributed by atoms with Crippen molar-refractivity contribution in [2.45, 2.75) is 12.5 Å². The number of nitrogens with one attached hydrogen (secondary N) is 1. The molecule has 0 amide bonds. The van der Waals surface area contributed by atoms with Crippen molar-refractivity contribution in [3.05, 3.63) is 43.9 Å². The van der Waals surface area contributed by atoms with Gasteiger partial charge >= 0.3 is 0 Å². The Morgan fingerprint density at radius 2 is 2.38 bits per heavy atom. The molecule has 0 spiro atoms. The van der Waals surface area contributed by atoms with Crippen LogP contribution in [0.4, 0.5) is 0 Å². The van der Waals surface area contributed by atoms with Gasteiger partial charge in [0, 0.05) is 21.3 Å². The third kappa shape index (κ3) is 2.49. The molecule has 2 aromatic heterocycles. The average Bonchev–Trinajstić information content (AvgIpc) is 2.85. The Bertz CT molecular complexity index is 471. The molecule has 0 radical (unpaired) electrons. The first-order valence-electron chi connectivity index (χ1n) is 4.63. The topological polar surface area (TPSA) is 51.2 Å². The van der Waals surface area contributed by atoms with Crippen molar-refractivity contribution >= 4 is 38.9 Å². The van der Waals surface area contributed by atoms with Crippen LogP contribution in [0.3, 0.4) is 0 Å². The van der Waals surface area contributed by atoms with Crippen LogP contribution in [0.1, 0.15) is 16.5 Å². The van der Waals surface area contributed by atoms with Gasteiger partial charge < -0.3 is 4.42 Å². The van der Waals surface area contributed by atoms with Crippen LogP contribution < -0.4 is 11.3 Å². The van der Waals surface area contributed by atoms with E-state index in [0.29, 0.717) is 5.22 Å². The second kappa shape index (κ2) is 5.33. The van der Waals surface area contributed by atoms with E-state index in [-0.39, 0.29) is 6.04 Å². The van der Waals surface area contributed by atoms with Crippen molar-refractivity contribution in [3.8, 4) is 0 Å². The highest BCUT2D eigenvalue weighted by Crippen LogP contribution is 2.31. The largest absolute Gasteiger partial charge is 0.453 e. The van der Waals surface area contributed by atoms with Gasteiger partial charge in [0.1, 0.15) is 0 Å². The molecule has 3 nitrogen and oxygen atoms in total. The van der Waals surface area contributed by atoms with Crippen molar-refractivity contribution in [1.82, 2.24) is 5.43 Å². The Kier molecular flexibility index (Phi) is 4.05. The molecule has 3 N–H and O–H groups in total. The van der Waals surface area contributed by atoms with Crippen molar-refractivity contribution in [2.24, 2.45) is 5.84 Å². The van der Waals surface area contributed by atoms with E-state index in [4.69, 9.17) is 21.9 Å². The normalized spacial score (nSPS) is 12.9. The standard InChI is InChI=1S/C10H10BrClN2OS/c11-7-2-4-16-9(7)5-8(14-13)6-1-3-15-10(6)12/h1-4,8,14H,5,13H2. The lowest BCUT2D eigenvalue weighted by Gasteiger charge is -2.13. The highest BCUT2D eigenvalue weighted by Gasteiger charge is 2.17. The molecule has 6 heteroatoms. The van der Waals surface area contributed by atoms with E-state index in [1.54, 1.807) is 17.6 Å². The van der Waals surface area contributed by atoms with Crippen LogP contribution in [0, 0.1) is 0 Å². The minimum atomic E-state index is -0.0406. The first-order chi connectivity index (χ1) is 7.72. The summed E-state index contributed by atoms with van der Waals surface area (Å²) in [5, 5.41) is 2.42. The molecule has 2 heterocycles. The maximum atomic E-state index is 5.92. The molecule has 0 fully saturated rings. The van der Waals surface area contributed by atoms with Gasteiger partial charge in [-0.2, -0.15) is 0 Å². The van der Waals surface area contributed by atoms with Gasteiger partial charge in [-0.3, -0.25) is 11.3 Å². The molecule has 16 heavy (non-hydrogen) atoms. The monoisotopic (exact) mass is 320 g/mol. The third-order valence-electron chi connectivity index (χ3n) is 2.30. The van der Waals surface area contributed by atoms with E-state index in [1.165, 1.54) is 4.88 Å². The molecule has 0 aliphatic carbocycles. The fraction of sp³-hybridized carbons (Fsp3) is 0.200. The van der Waals surface area contributed by atoms with E-state index >= 15 is 0 Å². The molecular formula is C10H10BrClN2OS. The zero-order valence-electron chi connectivity index (χ0n) is 8.24. The zero-order chi connectivity index (χ0) is 11.5. The minimum Gasteiger partial charge on any atom is -0.453 e. The van der Waals surface area contributed by atoms with Crippen LogP contribution in [0.5, 0.6) is 0 Å². The van der Waals surface area contributed by atoms with Crippen molar-refractivity contribution in [1.29, 1.82) is 0 Å². The van der Waals surface area contributed by atoms with Gasteiger partial charge in [-0.1, -0.05) is 0 Å². The van der Waals surface area contributed by atoms with Crippen LogP contribution in [0.25, 0.3) is 0 Å². The molecule has 86 valence electrons. The number of hydrogen-bond acceptors (Lipinski definition) is 4. The molecule has 0 bridgehead atoms. The number of hydrogen-bond donors (Lipinski definition) is 2. The van der Waals surface area contributed by atoms with Crippen LogP contribution in [0.15, 0.2) is 32.7 Å². The summed E-state index contributed by atoms with van der Waals surface area (Å²) in [7, 11) is 0. The summed E-state index contributed by atoms with van der Waals surface area (Å²) >= 11 is 11.1. The maximum absolute atomic E-state index is 5.92. The van der Waals surface area contributed by atoms with Gasteiger partial charge in [-0.15, -0.1) is 11.3 Å². The molecule has 0 aromatic carbocycles. The summed E-state index contributed by atoms with van der Waals surface area (Å²) in [4.78, 5) is 1.22. The predicted octanol–water partition coefficient (Wildman–Crippen LogP) is 3.50. The molecule has 2 rings (SSSR count). The number of furan rings is 1. The number of rotatable bonds is 4. The lowest BCUT2D eigenvalue weighted by atomic mass is 10.1. The lowest BCUT2D eigenvalue weighted by molar-refractivity contribution is 0.528. The zero-order valence-corrected chi connectivity index (χ0v) is 11.4. The van der Waals surface area contributed by atoms with Gasteiger partial charge in [0.15, 0.2) is 5.22 Å². The van der Waals surface area contributed by atoms with E-state index in [0.717, 1.165) is 16.5 Å². The van der Waals surface area contributed by atoms with Gasteiger partial charge in [0.2, 0.25) is 0 Å². The fourth-order valence-electron chi connectivity index (χ4n) is 1.47. The summed E-state index contributed by atoms with van der Waals surface area (Å²) in [5.74, 6) is 5.54. The number of thiophene rings is 1. The molecule has 0 saturated heterocycles. The second-order valence-corrected chi connectivity index (χ2v) is 5.46.